The molecule has 2 rings (SSSR count). The number of methoxy groups -OCH3 is 2. The maximum Gasteiger partial charge on any atom is 0.261 e. The zero-order valence-corrected chi connectivity index (χ0v) is 19.0. The van der Waals surface area contributed by atoms with Crippen molar-refractivity contribution in [2.45, 2.75) is 39.3 Å². The van der Waals surface area contributed by atoms with Gasteiger partial charge in [0.25, 0.3) is 5.91 Å². The van der Waals surface area contributed by atoms with E-state index in [-0.39, 0.29) is 30.8 Å². The van der Waals surface area contributed by atoms with Gasteiger partial charge in [-0.3, -0.25) is 9.59 Å². The molecule has 0 bridgehead atoms. The van der Waals surface area contributed by atoms with Crippen molar-refractivity contribution < 1.29 is 28.2 Å². The molecule has 1 unspecified atom stereocenters. The summed E-state index contributed by atoms with van der Waals surface area (Å²) in [4.78, 5) is 27.1. The Kier molecular flexibility index (Phi) is 9.78. The van der Waals surface area contributed by atoms with Crippen molar-refractivity contribution in [3.05, 3.63) is 53.8 Å². The number of unbranched alkanes of at least 4 members (excludes halogenated alkanes) is 1. The van der Waals surface area contributed by atoms with Crippen molar-refractivity contribution >= 4 is 11.8 Å². The van der Waals surface area contributed by atoms with Crippen molar-refractivity contribution in [3.8, 4) is 17.2 Å². The van der Waals surface area contributed by atoms with Gasteiger partial charge in [0.15, 0.2) is 6.61 Å². The summed E-state index contributed by atoms with van der Waals surface area (Å²) in [5.74, 6) is 0.451. The summed E-state index contributed by atoms with van der Waals surface area (Å²) in [6, 6.07) is 10.1. The van der Waals surface area contributed by atoms with Gasteiger partial charge in [-0.2, -0.15) is 0 Å². The molecular weight excluding hydrogens is 415 g/mol. The van der Waals surface area contributed by atoms with Crippen LogP contribution < -0.4 is 19.5 Å². The van der Waals surface area contributed by atoms with E-state index in [1.54, 1.807) is 37.3 Å². The van der Waals surface area contributed by atoms with Crippen molar-refractivity contribution in [2.75, 3.05) is 27.4 Å². The van der Waals surface area contributed by atoms with E-state index < -0.39 is 6.04 Å². The van der Waals surface area contributed by atoms with Gasteiger partial charge in [-0.05, 0) is 31.0 Å². The lowest BCUT2D eigenvalue weighted by atomic mass is 10.1. The van der Waals surface area contributed by atoms with Gasteiger partial charge in [-0.1, -0.05) is 25.5 Å². The standard InChI is InChI=1S/C24H31FN2O5/c1-5-6-11-26-24(29)17(2)27(15-18-7-9-19(25)10-8-18)23(28)16-32-22-13-20(30-3)12-21(14-22)31-4/h7-10,12-14,17H,5-6,11,15-16H2,1-4H3,(H,26,29). The number of nitrogens with zero attached hydrogens (tertiary/aromatic N) is 1. The third-order valence-electron chi connectivity index (χ3n) is 4.95. The van der Waals surface area contributed by atoms with Crippen LogP contribution in [0.2, 0.25) is 0 Å². The number of carbonyl (C=O) groups is 2. The quantitative estimate of drug-likeness (QED) is 0.505. The molecule has 32 heavy (non-hydrogen) atoms. The van der Waals surface area contributed by atoms with Crippen LogP contribution in [0.5, 0.6) is 17.2 Å². The van der Waals surface area contributed by atoms with E-state index in [2.05, 4.69) is 5.32 Å². The fourth-order valence-corrected chi connectivity index (χ4v) is 3.00. The minimum absolute atomic E-state index is 0.145. The largest absolute Gasteiger partial charge is 0.496 e. The topological polar surface area (TPSA) is 77.1 Å². The van der Waals surface area contributed by atoms with E-state index in [4.69, 9.17) is 14.2 Å². The van der Waals surface area contributed by atoms with Crippen LogP contribution in [-0.4, -0.2) is 50.1 Å². The van der Waals surface area contributed by atoms with E-state index in [1.165, 1.54) is 31.3 Å². The molecule has 1 atom stereocenters. The number of amides is 2. The second-order valence-corrected chi connectivity index (χ2v) is 7.31. The van der Waals surface area contributed by atoms with E-state index in [9.17, 15) is 14.0 Å². The number of hydrogen-bond donors (Lipinski definition) is 1. The molecule has 0 aliphatic heterocycles. The summed E-state index contributed by atoms with van der Waals surface area (Å²) in [7, 11) is 3.04. The number of hydrogen-bond acceptors (Lipinski definition) is 5. The molecule has 174 valence electrons. The first-order valence-corrected chi connectivity index (χ1v) is 10.6. The van der Waals surface area contributed by atoms with Crippen LogP contribution in [0, 0.1) is 5.82 Å². The van der Waals surface area contributed by atoms with Crippen molar-refractivity contribution in [3.63, 3.8) is 0 Å². The fourth-order valence-electron chi connectivity index (χ4n) is 3.00. The Hall–Kier alpha value is -3.29. The minimum atomic E-state index is -0.729. The smallest absolute Gasteiger partial charge is 0.261 e. The van der Waals surface area contributed by atoms with Crippen LogP contribution in [0.1, 0.15) is 32.3 Å². The molecule has 0 aliphatic carbocycles. The number of ether oxygens (including phenoxy) is 3. The molecule has 2 amide bonds. The van der Waals surface area contributed by atoms with E-state index >= 15 is 0 Å². The Morgan fingerprint density at radius 3 is 2.19 bits per heavy atom. The van der Waals surface area contributed by atoms with Crippen LogP contribution in [0.4, 0.5) is 4.39 Å². The van der Waals surface area contributed by atoms with Gasteiger partial charge in [-0.15, -0.1) is 0 Å². The molecule has 0 heterocycles. The number of halogens is 1. The molecule has 1 N–H and O–H groups in total. The van der Waals surface area contributed by atoms with Crippen LogP contribution in [0.25, 0.3) is 0 Å². The van der Waals surface area contributed by atoms with E-state index in [1.807, 2.05) is 6.92 Å². The first kappa shape index (κ1) is 25.0. The molecule has 0 spiro atoms. The Bertz CT molecular complexity index is 866. The summed E-state index contributed by atoms with van der Waals surface area (Å²) in [5.41, 5.74) is 0.705. The number of nitrogens with one attached hydrogen (secondary N) is 1. The lowest BCUT2D eigenvalue weighted by Crippen LogP contribution is -2.49. The third kappa shape index (κ3) is 7.44. The maximum atomic E-state index is 13.3. The highest BCUT2D eigenvalue weighted by molar-refractivity contribution is 5.87. The summed E-state index contributed by atoms with van der Waals surface area (Å²) in [5, 5.41) is 2.85. The molecule has 0 aliphatic rings. The summed E-state index contributed by atoms with van der Waals surface area (Å²) in [6.45, 7) is 4.09. The molecule has 0 aromatic heterocycles. The third-order valence-corrected chi connectivity index (χ3v) is 4.95. The van der Waals surface area contributed by atoms with Crippen LogP contribution in [0.15, 0.2) is 42.5 Å². The van der Waals surface area contributed by atoms with E-state index in [0.717, 1.165) is 12.8 Å². The zero-order chi connectivity index (χ0) is 23.5. The van der Waals surface area contributed by atoms with Crippen LogP contribution in [0.3, 0.4) is 0 Å². The number of benzene rings is 2. The van der Waals surface area contributed by atoms with Crippen molar-refractivity contribution in [1.82, 2.24) is 10.2 Å². The molecule has 7 nitrogen and oxygen atoms in total. The second-order valence-electron chi connectivity index (χ2n) is 7.31. The minimum Gasteiger partial charge on any atom is -0.496 e. The van der Waals surface area contributed by atoms with Gasteiger partial charge >= 0.3 is 0 Å². The molecule has 2 aromatic carbocycles. The predicted octanol–water partition coefficient (Wildman–Crippen LogP) is 3.56. The normalized spacial score (nSPS) is 11.4. The fraction of sp³-hybridized carbons (Fsp3) is 0.417. The van der Waals surface area contributed by atoms with Gasteiger partial charge in [0.2, 0.25) is 5.91 Å². The average Bonchev–Trinajstić information content (AvgIpc) is 2.81. The second kappa shape index (κ2) is 12.5. The first-order chi connectivity index (χ1) is 15.4. The SMILES string of the molecule is CCCCNC(=O)C(C)N(Cc1ccc(F)cc1)C(=O)COc1cc(OC)cc(OC)c1. The lowest BCUT2D eigenvalue weighted by molar-refractivity contribution is -0.142. The predicted molar refractivity (Wildman–Crippen MR) is 119 cm³/mol. The molecule has 0 saturated heterocycles. The average molecular weight is 447 g/mol. The molecule has 0 fully saturated rings. The summed E-state index contributed by atoms with van der Waals surface area (Å²) >= 11 is 0. The highest BCUT2D eigenvalue weighted by atomic mass is 19.1. The number of carbonyl (C=O) groups excluding carboxylic acids is 2. The zero-order valence-electron chi connectivity index (χ0n) is 19.0. The van der Waals surface area contributed by atoms with Gasteiger partial charge in [0.05, 0.1) is 14.2 Å². The molecule has 0 radical (unpaired) electrons. The maximum absolute atomic E-state index is 13.3. The summed E-state index contributed by atoms with van der Waals surface area (Å²) in [6.07, 6.45) is 1.80. The van der Waals surface area contributed by atoms with E-state index in [0.29, 0.717) is 29.4 Å². The van der Waals surface area contributed by atoms with Gasteiger partial charge in [-0.25, -0.2) is 4.39 Å². The number of rotatable bonds is 12. The van der Waals surface area contributed by atoms with Gasteiger partial charge < -0.3 is 24.4 Å². The first-order valence-electron chi connectivity index (χ1n) is 10.6. The Morgan fingerprint density at radius 2 is 1.62 bits per heavy atom. The Morgan fingerprint density at radius 1 is 1.03 bits per heavy atom. The van der Waals surface area contributed by atoms with Gasteiger partial charge in [0.1, 0.15) is 29.1 Å². The van der Waals surface area contributed by atoms with Crippen LogP contribution in [-0.2, 0) is 16.1 Å². The Balaban J connectivity index is 2.15. The van der Waals surface area contributed by atoms with Gasteiger partial charge in [0, 0.05) is 31.3 Å². The monoisotopic (exact) mass is 446 g/mol. The molecular formula is C24H31FN2O5. The highest BCUT2D eigenvalue weighted by Crippen LogP contribution is 2.27. The Labute approximate surface area is 188 Å². The van der Waals surface area contributed by atoms with Crippen LogP contribution >= 0.6 is 0 Å². The van der Waals surface area contributed by atoms with Crippen molar-refractivity contribution in [2.24, 2.45) is 0 Å². The molecule has 8 heteroatoms. The highest BCUT2D eigenvalue weighted by Gasteiger charge is 2.26. The molecule has 2 aromatic rings. The molecule has 0 saturated carbocycles. The summed E-state index contributed by atoms with van der Waals surface area (Å²) < 4.78 is 29.4. The lowest BCUT2D eigenvalue weighted by Gasteiger charge is -2.28. The van der Waals surface area contributed by atoms with Crippen molar-refractivity contribution in [1.29, 1.82) is 0 Å².